The Bertz CT molecular complexity index is 1210. The highest BCUT2D eigenvalue weighted by molar-refractivity contribution is 5.54. The van der Waals surface area contributed by atoms with E-state index in [0.29, 0.717) is 43.8 Å². The standard InChI is InChI=1S/C25H30F2N8O/c1-18-19(3-2-4-32-5-7-33(8-6-32)22-14-20(26)13-21(27)15-22)17-29-35(18)25-30-23(28)16-24(31-25)34-9-11-36-12-10-34/h2-3,13-17H,4-12H2,1H3,(H2,28,30,31)/b3-2+. The number of rotatable bonds is 6. The van der Waals surface area contributed by atoms with Crippen LogP contribution in [0.15, 0.2) is 36.5 Å². The third-order valence-electron chi connectivity index (χ3n) is 6.54. The van der Waals surface area contributed by atoms with E-state index >= 15 is 0 Å². The molecule has 36 heavy (non-hydrogen) atoms. The number of hydrogen-bond acceptors (Lipinski definition) is 8. The lowest BCUT2D eigenvalue weighted by molar-refractivity contribution is 0.122. The molecule has 0 radical (unpaired) electrons. The summed E-state index contributed by atoms with van der Waals surface area (Å²) in [7, 11) is 0. The molecule has 2 aliphatic rings. The highest BCUT2D eigenvalue weighted by atomic mass is 19.1. The van der Waals surface area contributed by atoms with Crippen LogP contribution in [0.3, 0.4) is 0 Å². The third-order valence-corrected chi connectivity index (χ3v) is 6.54. The zero-order valence-electron chi connectivity index (χ0n) is 20.3. The van der Waals surface area contributed by atoms with E-state index in [1.165, 1.54) is 12.1 Å². The summed E-state index contributed by atoms with van der Waals surface area (Å²) in [6, 6.07) is 5.44. The van der Waals surface area contributed by atoms with Crippen LogP contribution < -0.4 is 15.5 Å². The number of nitrogens with two attached hydrogens (primary N) is 1. The molecule has 0 bridgehead atoms. The van der Waals surface area contributed by atoms with Gasteiger partial charge in [-0.3, -0.25) is 4.90 Å². The largest absolute Gasteiger partial charge is 0.383 e. The van der Waals surface area contributed by atoms with Crippen molar-refractivity contribution in [1.82, 2.24) is 24.6 Å². The summed E-state index contributed by atoms with van der Waals surface area (Å²) in [6.07, 6.45) is 5.94. The maximum Gasteiger partial charge on any atom is 0.254 e. The summed E-state index contributed by atoms with van der Waals surface area (Å²) in [4.78, 5) is 15.5. The number of anilines is 3. The molecule has 0 spiro atoms. The molecule has 2 N–H and O–H groups in total. The fraction of sp³-hybridized carbons (Fsp3) is 0.400. The van der Waals surface area contributed by atoms with Crippen LogP contribution in [0.5, 0.6) is 0 Å². The normalized spacial score (nSPS) is 17.3. The number of benzene rings is 1. The Morgan fingerprint density at radius 1 is 0.944 bits per heavy atom. The number of piperazine rings is 1. The number of morpholine rings is 1. The van der Waals surface area contributed by atoms with Gasteiger partial charge in [0.1, 0.15) is 23.3 Å². The minimum absolute atomic E-state index is 0.397. The fourth-order valence-corrected chi connectivity index (χ4v) is 4.52. The van der Waals surface area contributed by atoms with Gasteiger partial charge in [-0.25, -0.2) is 13.5 Å². The molecular weight excluding hydrogens is 466 g/mol. The Balaban J connectivity index is 1.20. The molecule has 9 nitrogen and oxygen atoms in total. The molecule has 1 aromatic carbocycles. The van der Waals surface area contributed by atoms with Gasteiger partial charge >= 0.3 is 0 Å². The van der Waals surface area contributed by atoms with E-state index < -0.39 is 11.6 Å². The van der Waals surface area contributed by atoms with E-state index in [1.807, 2.05) is 17.9 Å². The Morgan fingerprint density at radius 3 is 2.39 bits per heavy atom. The van der Waals surface area contributed by atoms with Gasteiger partial charge in [-0.05, 0) is 19.1 Å². The monoisotopic (exact) mass is 496 g/mol. The summed E-state index contributed by atoms with van der Waals surface area (Å²) in [5.74, 6) is 0.513. The molecule has 3 aromatic rings. The molecule has 11 heteroatoms. The average Bonchev–Trinajstić information content (AvgIpc) is 3.24. The molecule has 0 amide bonds. The van der Waals surface area contributed by atoms with Crippen LogP contribution in [0.4, 0.5) is 26.1 Å². The van der Waals surface area contributed by atoms with Gasteiger partial charge < -0.3 is 20.3 Å². The van der Waals surface area contributed by atoms with Crippen LogP contribution in [0.2, 0.25) is 0 Å². The van der Waals surface area contributed by atoms with E-state index in [4.69, 9.17) is 15.5 Å². The number of nitrogens with zero attached hydrogens (tertiary/aromatic N) is 7. The average molecular weight is 497 g/mol. The molecule has 2 fully saturated rings. The lowest BCUT2D eigenvalue weighted by Gasteiger charge is -2.35. The molecule has 190 valence electrons. The van der Waals surface area contributed by atoms with E-state index in [0.717, 1.165) is 55.9 Å². The van der Waals surface area contributed by atoms with Crippen molar-refractivity contribution in [2.45, 2.75) is 6.92 Å². The molecule has 0 aliphatic carbocycles. The first kappa shape index (κ1) is 24.1. The summed E-state index contributed by atoms with van der Waals surface area (Å²) in [5, 5.41) is 4.50. The van der Waals surface area contributed by atoms with Crippen LogP contribution in [0.1, 0.15) is 11.3 Å². The van der Waals surface area contributed by atoms with Gasteiger partial charge in [0.05, 0.1) is 25.1 Å². The molecule has 2 aliphatic heterocycles. The molecule has 0 atom stereocenters. The van der Waals surface area contributed by atoms with Crippen molar-refractivity contribution < 1.29 is 13.5 Å². The van der Waals surface area contributed by atoms with Crippen molar-refractivity contribution in [3.05, 3.63) is 59.4 Å². The SMILES string of the molecule is Cc1c(/C=C/CN2CCN(c3cc(F)cc(F)c3)CC2)cnn1-c1nc(N)cc(N2CCOCC2)n1. The number of ether oxygens (including phenoxy) is 1. The second-order valence-corrected chi connectivity index (χ2v) is 8.97. The van der Waals surface area contributed by atoms with Gasteiger partial charge in [0.15, 0.2) is 0 Å². The first-order valence-corrected chi connectivity index (χ1v) is 12.1. The predicted octanol–water partition coefficient (Wildman–Crippen LogP) is 2.50. The second-order valence-electron chi connectivity index (χ2n) is 8.97. The van der Waals surface area contributed by atoms with Crippen molar-refractivity contribution in [2.75, 3.05) is 74.6 Å². The van der Waals surface area contributed by atoms with Gasteiger partial charge in [0.25, 0.3) is 5.95 Å². The van der Waals surface area contributed by atoms with Crippen molar-refractivity contribution in [1.29, 1.82) is 0 Å². The van der Waals surface area contributed by atoms with Crippen LogP contribution in [-0.4, -0.2) is 83.7 Å². The smallest absolute Gasteiger partial charge is 0.254 e. The third kappa shape index (κ3) is 5.47. The van der Waals surface area contributed by atoms with Gasteiger partial charge in [-0.2, -0.15) is 15.1 Å². The van der Waals surface area contributed by atoms with E-state index in [-0.39, 0.29) is 0 Å². The van der Waals surface area contributed by atoms with E-state index in [1.54, 1.807) is 16.9 Å². The molecule has 2 aromatic heterocycles. The van der Waals surface area contributed by atoms with Gasteiger partial charge in [0.2, 0.25) is 0 Å². The number of aromatic nitrogens is 4. The zero-order valence-corrected chi connectivity index (χ0v) is 20.3. The van der Waals surface area contributed by atoms with Crippen molar-refractivity contribution in [2.24, 2.45) is 0 Å². The summed E-state index contributed by atoms with van der Waals surface area (Å²) < 4.78 is 34.2. The van der Waals surface area contributed by atoms with E-state index in [9.17, 15) is 8.78 Å². The fourth-order valence-electron chi connectivity index (χ4n) is 4.52. The zero-order chi connectivity index (χ0) is 25.1. The second kappa shape index (κ2) is 10.6. The number of hydrogen-bond donors (Lipinski definition) is 1. The Morgan fingerprint density at radius 2 is 1.67 bits per heavy atom. The molecule has 0 unspecified atom stereocenters. The van der Waals surface area contributed by atoms with Crippen LogP contribution in [0.25, 0.3) is 12.0 Å². The maximum absolute atomic E-state index is 13.5. The van der Waals surface area contributed by atoms with Gasteiger partial charge in [-0.1, -0.05) is 12.2 Å². The van der Waals surface area contributed by atoms with Gasteiger partial charge in [-0.15, -0.1) is 0 Å². The number of halogens is 2. The van der Waals surface area contributed by atoms with Crippen LogP contribution in [0, 0.1) is 18.6 Å². The Hall–Kier alpha value is -3.57. The van der Waals surface area contributed by atoms with E-state index in [2.05, 4.69) is 26.0 Å². The van der Waals surface area contributed by atoms with Crippen molar-refractivity contribution >= 4 is 23.4 Å². The van der Waals surface area contributed by atoms with Gasteiger partial charge in [0, 0.05) is 69.2 Å². The highest BCUT2D eigenvalue weighted by Crippen LogP contribution is 2.21. The molecule has 2 saturated heterocycles. The Labute approximate surface area is 208 Å². The first-order valence-electron chi connectivity index (χ1n) is 12.1. The Kier molecular flexibility index (Phi) is 7.10. The van der Waals surface area contributed by atoms with Crippen molar-refractivity contribution in [3.8, 4) is 5.95 Å². The van der Waals surface area contributed by atoms with Crippen molar-refractivity contribution in [3.63, 3.8) is 0 Å². The quantitative estimate of drug-likeness (QED) is 0.557. The molecule has 5 rings (SSSR count). The minimum atomic E-state index is -0.549. The molecule has 0 saturated carbocycles. The maximum atomic E-state index is 13.5. The topological polar surface area (TPSA) is 88.6 Å². The highest BCUT2D eigenvalue weighted by Gasteiger charge is 2.19. The summed E-state index contributed by atoms with van der Waals surface area (Å²) in [5.41, 5.74) is 8.56. The lowest BCUT2D eigenvalue weighted by Crippen LogP contribution is -2.46. The predicted molar refractivity (Wildman–Crippen MR) is 135 cm³/mol. The summed E-state index contributed by atoms with van der Waals surface area (Å²) in [6.45, 7) is 8.63. The number of nitrogen functional groups attached to an aromatic ring is 1. The molecular formula is C25H30F2N8O. The lowest BCUT2D eigenvalue weighted by atomic mass is 10.2. The van der Waals surface area contributed by atoms with Crippen LogP contribution >= 0.6 is 0 Å². The molecule has 4 heterocycles. The first-order chi connectivity index (χ1) is 17.5. The van der Waals surface area contributed by atoms with Crippen LogP contribution in [-0.2, 0) is 4.74 Å². The summed E-state index contributed by atoms with van der Waals surface area (Å²) >= 11 is 0. The minimum Gasteiger partial charge on any atom is -0.383 e.